The van der Waals surface area contributed by atoms with Crippen LogP contribution >= 0.6 is 11.3 Å². The van der Waals surface area contributed by atoms with Crippen LogP contribution in [0.3, 0.4) is 0 Å². The molecule has 2 N–H and O–H groups in total. The van der Waals surface area contributed by atoms with Crippen LogP contribution in [0.1, 0.15) is 33.6 Å². The van der Waals surface area contributed by atoms with Crippen molar-refractivity contribution in [2.24, 2.45) is 0 Å². The summed E-state index contributed by atoms with van der Waals surface area (Å²) in [4.78, 5) is 26.2. The summed E-state index contributed by atoms with van der Waals surface area (Å²) in [6.45, 7) is 2.98. The zero-order chi connectivity index (χ0) is 12.5. The quantitative estimate of drug-likeness (QED) is 0.833. The van der Waals surface area contributed by atoms with E-state index in [0.29, 0.717) is 13.2 Å². The summed E-state index contributed by atoms with van der Waals surface area (Å²) in [6, 6.07) is 0. The van der Waals surface area contributed by atoms with Crippen molar-refractivity contribution in [3.8, 4) is 0 Å². The Kier molecular flexibility index (Phi) is 3.12. The highest BCUT2D eigenvalue weighted by molar-refractivity contribution is 7.11. The Hall–Kier alpha value is -1.47. The summed E-state index contributed by atoms with van der Waals surface area (Å²) in [5.74, 6) is -1.48. The summed E-state index contributed by atoms with van der Waals surface area (Å²) >= 11 is 1.02. The van der Waals surface area contributed by atoms with Gasteiger partial charge in [0.25, 0.3) is 5.91 Å². The monoisotopic (exact) mass is 256 g/mol. The molecule has 1 aromatic heterocycles. The predicted molar refractivity (Wildman–Crippen MR) is 60.4 cm³/mol. The summed E-state index contributed by atoms with van der Waals surface area (Å²) in [7, 11) is 0. The Morgan fingerprint density at radius 1 is 1.65 bits per heavy atom. The molecule has 1 aliphatic rings. The van der Waals surface area contributed by atoms with Crippen molar-refractivity contribution in [1.29, 1.82) is 0 Å². The molecule has 1 saturated heterocycles. The minimum atomic E-state index is -1.13. The standard InChI is InChI=1S/C10H12N2O4S/c1-10(2-3-16-5-10)12-7(13)8-11-6(4-17-8)9(14)15/h4H,2-3,5H2,1H3,(H,12,13)(H,14,15). The molecule has 2 heterocycles. The van der Waals surface area contributed by atoms with Gasteiger partial charge in [-0.05, 0) is 13.3 Å². The highest BCUT2D eigenvalue weighted by atomic mass is 32.1. The van der Waals surface area contributed by atoms with E-state index in [4.69, 9.17) is 9.84 Å². The second-order valence-electron chi connectivity index (χ2n) is 4.16. The molecule has 2 rings (SSSR count). The fourth-order valence-corrected chi connectivity index (χ4v) is 2.26. The average Bonchev–Trinajstić information content (AvgIpc) is 2.86. The molecule has 1 amide bonds. The molecular weight excluding hydrogens is 244 g/mol. The second kappa shape index (κ2) is 4.42. The predicted octanol–water partition coefficient (Wildman–Crippen LogP) is 0.750. The maximum Gasteiger partial charge on any atom is 0.355 e. The largest absolute Gasteiger partial charge is 0.476 e. The molecule has 92 valence electrons. The number of carbonyl (C=O) groups is 2. The smallest absolute Gasteiger partial charge is 0.355 e. The van der Waals surface area contributed by atoms with Gasteiger partial charge < -0.3 is 15.2 Å². The first-order chi connectivity index (χ1) is 8.00. The molecule has 0 radical (unpaired) electrons. The fraction of sp³-hybridized carbons (Fsp3) is 0.500. The zero-order valence-electron chi connectivity index (χ0n) is 9.23. The number of hydrogen-bond acceptors (Lipinski definition) is 5. The lowest BCUT2D eigenvalue weighted by Crippen LogP contribution is -2.46. The number of rotatable bonds is 3. The van der Waals surface area contributed by atoms with Crippen LogP contribution in [0.2, 0.25) is 0 Å². The maximum atomic E-state index is 11.8. The maximum absolute atomic E-state index is 11.8. The van der Waals surface area contributed by atoms with Crippen LogP contribution in [-0.4, -0.2) is 40.7 Å². The number of thiazole rings is 1. The van der Waals surface area contributed by atoms with Gasteiger partial charge in [-0.2, -0.15) is 0 Å². The molecule has 0 bridgehead atoms. The molecular formula is C10H12N2O4S. The summed E-state index contributed by atoms with van der Waals surface area (Å²) in [6.07, 6.45) is 0.746. The van der Waals surface area contributed by atoms with Gasteiger partial charge >= 0.3 is 5.97 Å². The van der Waals surface area contributed by atoms with Crippen molar-refractivity contribution < 1.29 is 19.4 Å². The van der Waals surface area contributed by atoms with Crippen molar-refractivity contribution in [1.82, 2.24) is 10.3 Å². The number of nitrogens with zero attached hydrogens (tertiary/aromatic N) is 1. The molecule has 0 saturated carbocycles. The first kappa shape index (κ1) is 12.0. The third-order valence-corrected chi connectivity index (χ3v) is 3.39. The molecule has 1 atom stereocenters. The SMILES string of the molecule is CC1(NC(=O)c2nc(C(=O)O)cs2)CCOC1. The minimum absolute atomic E-state index is 0.104. The van der Waals surface area contributed by atoms with Crippen molar-refractivity contribution >= 4 is 23.2 Å². The minimum Gasteiger partial charge on any atom is -0.476 e. The van der Waals surface area contributed by atoms with Crippen LogP contribution in [-0.2, 0) is 4.74 Å². The van der Waals surface area contributed by atoms with Crippen molar-refractivity contribution in [3.63, 3.8) is 0 Å². The van der Waals surface area contributed by atoms with Crippen molar-refractivity contribution in [3.05, 3.63) is 16.1 Å². The lowest BCUT2D eigenvalue weighted by molar-refractivity contribution is 0.0691. The van der Waals surface area contributed by atoms with Crippen LogP contribution in [0.25, 0.3) is 0 Å². The number of amides is 1. The number of hydrogen-bond donors (Lipinski definition) is 2. The van der Waals surface area contributed by atoms with Gasteiger partial charge in [0.2, 0.25) is 0 Å². The number of nitrogens with one attached hydrogen (secondary N) is 1. The van der Waals surface area contributed by atoms with Crippen LogP contribution in [0.5, 0.6) is 0 Å². The number of carboxylic acids is 1. The van der Waals surface area contributed by atoms with Crippen molar-refractivity contribution in [2.75, 3.05) is 13.2 Å². The fourth-order valence-electron chi connectivity index (χ4n) is 1.57. The Balaban J connectivity index is 2.06. The number of ether oxygens (including phenoxy) is 1. The molecule has 17 heavy (non-hydrogen) atoms. The Labute approximate surface area is 102 Å². The van der Waals surface area contributed by atoms with E-state index in [9.17, 15) is 9.59 Å². The van der Waals surface area contributed by atoms with Crippen molar-refractivity contribution in [2.45, 2.75) is 18.9 Å². The Morgan fingerprint density at radius 3 is 2.94 bits per heavy atom. The second-order valence-corrected chi connectivity index (χ2v) is 5.02. The highest BCUT2D eigenvalue weighted by Gasteiger charge is 2.32. The van der Waals surface area contributed by atoms with E-state index in [0.717, 1.165) is 17.8 Å². The third-order valence-electron chi connectivity index (χ3n) is 2.55. The normalized spacial score (nSPS) is 23.6. The van der Waals surface area contributed by atoms with Gasteiger partial charge in [0.15, 0.2) is 10.7 Å². The topological polar surface area (TPSA) is 88.5 Å². The van der Waals surface area contributed by atoms with Gasteiger partial charge in [0.05, 0.1) is 12.1 Å². The van der Waals surface area contributed by atoms with E-state index in [2.05, 4.69) is 10.3 Å². The van der Waals surface area contributed by atoms with E-state index in [1.54, 1.807) is 0 Å². The molecule has 7 heteroatoms. The first-order valence-corrected chi connectivity index (χ1v) is 5.97. The average molecular weight is 256 g/mol. The van der Waals surface area contributed by atoms with Gasteiger partial charge in [-0.1, -0.05) is 0 Å². The van der Waals surface area contributed by atoms with Gasteiger partial charge in [-0.3, -0.25) is 4.79 Å². The van der Waals surface area contributed by atoms with Gasteiger partial charge in [-0.15, -0.1) is 11.3 Å². The first-order valence-electron chi connectivity index (χ1n) is 5.09. The zero-order valence-corrected chi connectivity index (χ0v) is 10.0. The molecule has 1 unspecified atom stereocenters. The lowest BCUT2D eigenvalue weighted by Gasteiger charge is -2.22. The molecule has 0 spiro atoms. The van der Waals surface area contributed by atoms with E-state index in [1.807, 2.05) is 6.92 Å². The van der Waals surface area contributed by atoms with Crippen LogP contribution in [0.15, 0.2) is 5.38 Å². The van der Waals surface area contributed by atoms with E-state index >= 15 is 0 Å². The van der Waals surface area contributed by atoms with Crippen LogP contribution in [0.4, 0.5) is 0 Å². The van der Waals surface area contributed by atoms with Gasteiger partial charge in [0, 0.05) is 12.0 Å². The van der Waals surface area contributed by atoms with Gasteiger partial charge in [-0.25, -0.2) is 9.78 Å². The Morgan fingerprint density at radius 2 is 2.41 bits per heavy atom. The number of carboxylic acid groups (broad SMARTS) is 1. The molecule has 1 aliphatic heterocycles. The Bertz CT molecular complexity index is 451. The molecule has 0 aromatic carbocycles. The molecule has 1 aromatic rings. The summed E-state index contributed by atoms with van der Waals surface area (Å²) < 4.78 is 5.21. The van der Waals surface area contributed by atoms with Gasteiger partial charge in [0.1, 0.15) is 0 Å². The molecule has 6 nitrogen and oxygen atoms in total. The summed E-state index contributed by atoms with van der Waals surface area (Å²) in [5.41, 5.74) is -0.487. The van der Waals surface area contributed by atoms with Crippen LogP contribution in [0, 0.1) is 0 Å². The van der Waals surface area contributed by atoms with E-state index < -0.39 is 5.97 Å². The van der Waals surface area contributed by atoms with Crippen LogP contribution < -0.4 is 5.32 Å². The number of aromatic nitrogens is 1. The lowest BCUT2D eigenvalue weighted by atomic mass is 10.0. The number of aromatic carboxylic acids is 1. The summed E-state index contributed by atoms with van der Waals surface area (Å²) in [5, 5.41) is 13.0. The number of carbonyl (C=O) groups excluding carboxylic acids is 1. The van der Waals surface area contributed by atoms with E-state index in [-0.39, 0.29) is 22.1 Å². The molecule has 1 fully saturated rings. The molecule has 0 aliphatic carbocycles. The highest BCUT2D eigenvalue weighted by Crippen LogP contribution is 2.19. The third kappa shape index (κ3) is 2.62. The van der Waals surface area contributed by atoms with E-state index in [1.165, 1.54) is 5.38 Å².